The molecule has 2 aromatic rings. The molecule has 0 fully saturated rings. The van der Waals surface area contributed by atoms with E-state index in [9.17, 15) is 9.59 Å². The van der Waals surface area contributed by atoms with Crippen LogP contribution in [-0.4, -0.2) is 21.9 Å². The highest BCUT2D eigenvalue weighted by atomic mass is 35.5. The van der Waals surface area contributed by atoms with E-state index in [4.69, 9.17) is 5.21 Å². The number of halogens is 1. The van der Waals surface area contributed by atoms with Crippen molar-refractivity contribution in [2.75, 3.05) is 0 Å². The molecule has 0 spiro atoms. The summed E-state index contributed by atoms with van der Waals surface area (Å²) in [7, 11) is 0. The first kappa shape index (κ1) is 12.2. The second kappa shape index (κ2) is 4.78. The van der Waals surface area contributed by atoms with E-state index in [1.165, 1.54) is 11.7 Å². The van der Waals surface area contributed by atoms with Crippen LogP contribution in [0.3, 0.4) is 0 Å². The van der Waals surface area contributed by atoms with Crippen LogP contribution in [0.2, 0.25) is 0 Å². The summed E-state index contributed by atoms with van der Waals surface area (Å²) in [5, 5.41) is 9.00. The third kappa shape index (κ3) is 1.91. The minimum absolute atomic E-state index is 0. The van der Waals surface area contributed by atoms with Crippen LogP contribution in [0.4, 0.5) is 0 Å². The lowest BCUT2D eigenvalue weighted by Gasteiger charge is -1.95. The number of carbonyl (C=O) groups excluding carboxylic acids is 2. The van der Waals surface area contributed by atoms with Crippen molar-refractivity contribution in [2.45, 2.75) is 0 Å². The summed E-state index contributed by atoms with van der Waals surface area (Å²) in [6, 6.07) is 7.11. The Balaban J connectivity index is 0.00000128. The number of aromatic nitrogens is 1. The molecule has 84 valence electrons. The molecular formula is C10H9ClN2O3. The average molecular weight is 241 g/mol. The third-order valence-electron chi connectivity index (χ3n) is 2.14. The largest absolute Gasteiger partial charge is 0.360 e. The van der Waals surface area contributed by atoms with Crippen molar-refractivity contribution in [1.29, 1.82) is 0 Å². The second-order valence-corrected chi connectivity index (χ2v) is 3.02. The van der Waals surface area contributed by atoms with Crippen molar-refractivity contribution in [3.8, 4) is 0 Å². The molecule has 5 nitrogen and oxygen atoms in total. The standard InChI is InChI=1S/C10H8N2O3.ClH/c13-9(10(14)12-15)7-5-11-8-4-2-1-3-6(7)8;/h1-5,11,15H,(H,12,14);1H. The molecule has 0 bridgehead atoms. The van der Waals surface area contributed by atoms with Gasteiger partial charge in [-0.25, -0.2) is 5.48 Å². The van der Waals surface area contributed by atoms with Gasteiger partial charge in [0.15, 0.2) is 0 Å². The molecule has 2 rings (SSSR count). The van der Waals surface area contributed by atoms with E-state index in [0.29, 0.717) is 5.39 Å². The van der Waals surface area contributed by atoms with Crippen LogP contribution >= 0.6 is 12.4 Å². The molecule has 1 amide bonds. The summed E-state index contributed by atoms with van der Waals surface area (Å²) in [6.45, 7) is 0. The number of hydrogen-bond donors (Lipinski definition) is 3. The van der Waals surface area contributed by atoms with Crippen molar-refractivity contribution in [3.05, 3.63) is 36.0 Å². The number of benzene rings is 1. The molecule has 6 heteroatoms. The van der Waals surface area contributed by atoms with E-state index in [1.807, 2.05) is 6.07 Å². The number of aromatic amines is 1. The zero-order valence-electron chi connectivity index (χ0n) is 8.06. The van der Waals surface area contributed by atoms with Gasteiger partial charge in [0.05, 0.1) is 5.56 Å². The van der Waals surface area contributed by atoms with Gasteiger partial charge in [-0.1, -0.05) is 18.2 Å². The first-order valence-electron chi connectivity index (χ1n) is 4.29. The maximum Gasteiger partial charge on any atom is 0.315 e. The van der Waals surface area contributed by atoms with Gasteiger partial charge < -0.3 is 4.98 Å². The van der Waals surface area contributed by atoms with Gasteiger partial charge in [-0.2, -0.15) is 0 Å². The smallest absolute Gasteiger partial charge is 0.315 e. The predicted octanol–water partition coefficient (Wildman–Crippen LogP) is 1.28. The van der Waals surface area contributed by atoms with Gasteiger partial charge in [0.25, 0.3) is 5.78 Å². The fourth-order valence-electron chi connectivity index (χ4n) is 1.43. The number of nitrogens with one attached hydrogen (secondary N) is 2. The van der Waals surface area contributed by atoms with Gasteiger partial charge >= 0.3 is 5.91 Å². The summed E-state index contributed by atoms with van der Waals surface area (Å²) >= 11 is 0. The molecule has 3 N–H and O–H groups in total. The quantitative estimate of drug-likeness (QED) is 0.320. The number of amides is 1. The van der Waals surface area contributed by atoms with E-state index < -0.39 is 11.7 Å². The zero-order chi connectivity index (χ0) is 10.8. The van der Waals surface area contributed by atoms with E-state index in [-0.39, 0.29) is 18.0 Å². The number of ketones is 1. The minimum Gasteiger partial charge on any atom is -0.360 e. The summed E-state index contributed by atoms with van der Waals surface area (Å²) in [5.74, 6) is -1.81. The summed E-state index contributed by atoms with van der Waals surface area (Å²) in [4.78, 5) is 25.3. The number of hydrogen-bond acceptors (Lipinski definition) is 3. The Bertz CT molecular complexity index is 536. The average Bonchev–Trinajstić information content (AvgIpc) is 2.70. The Morgan fingerprint density at radius 3 is 2.62 bits per heavy atom. The Morgan fingerprint density at radius 1 is 1.25 bits per heavy atom. The fraction of sp³-hybridized carbons (Fsp3) is 0. The summed E-state index contributed by atoms with van der Waals surface area (Å²) in [5.41, 5.74) is 2.33. The maximum atomic E-state index is 11.5. The highest BCUT2D eigenvalue weighted by Gasteiger charge is 2.18. The lowest BCUT2D eigenvalue weighted by atomic mass is 10.1. The van der Waals surface area contributed by atoms with Crippen molar-refractivity contribution in [1.82, 2.24) is 10.5 Å². The molecule has 0 atom stereocenters. The van der Waals surface area contributed by atoms with Crippen LogP contribution in [0.1, 0.15) is 10.4 Å². The number of rotatable bonds is 2. The molecule has 1 aromatic heterocycles. The van der Waals surface area contributed by atoms with Gasteiger partial charge in [-0.15, -0.1) is 12.4 Å². The number of Topliss-reactive ketones (excluding diaryl/α,β-unsaturated/α-hetero) is 1. The fourth-order valence-corrected chi connectivity index (χ4v) is 1.43. The predicted molar refractivity (Wildman–Crippen MR) is 59.8 cm³/mol. The molecule has 1 aromatic carbocycles. The van der Waals surface area contributed by atoms with Crippen LogP contribution in [0.5, 0.6) is 0 Å². The van der Waals surface area contributed by atoms with Gasteiger partial charge in [0, 0.05) is 17.1 Å². The SMILES string of the molecule is Cl.O=C(NO)C(=O)c1c[nH]c2ccccc12. The van der Waals surface area contributed by atoms with E-state index in [1.54, 1.807) is 18.2 Å². The lowest BCUT2D eigenvalue weighted by Crippen LogP contribution is -2.27. The Hall–Kier alpha value is -1.85. The zero-order valence-corrected chi connectivity index (χ0v) is 8.88. The third-order valence-corrected chi connectivity index (χ3v) is 2.14. The maximum absolute atomic E-state index is 11.5. The van der Waals surface area contributed by atoms with E-state index in [2.05, 4.69) is 4.98 Å². The first-order chi connectivity index (χ1) is 7.24. The molecule has 0 unspecified atom stereocenters. The number of carbonyl (C=O) groups is 2. The van der Waals surface area contributed by atoms with Crippen molar-refractivity contribution in [3.63, 3.8) is 0 Å². The molecule has 16 heavy (non-hydrogen) atoms. The number of H-pyrrole nitrogens is 1. The van der Waals surface area contributed by atoms with Crippen molar-refractivity contribution >= 4 is 35.0 Å². The van der Waals surface area contributed by atoms with Gasteiger partial charge in [-0.05, 0) is 6.07 Å². The monoisotopic (exact) mass is 240 g/mol. The van der Waals surface area contributed by atoms with E-state index in [0.717, 1.165) is 5.52 Å². The molecule has 1 heterocycles. The Labute approximate surface area is 96.8 Å². The molecule has 0 aliphatic rings. The van der Waals surface area contributed by atoms with Crippen LogP contribution < -0.4 is 5.48 Å². The second-order valence-electron chi connectivity index (χ2n) is 3.02. The minimum atomic E-state index is -1.04. The van der Waals surface area contributed by atoms with Gasteiger partial charge in [-0.3, -0.25) is 14.8 Å². The highest BCUT2D eigenvalue weighted by Crippen LogP contribution is 2.17. The molecule has 0 saturated heterocycles. The summed E-state index contributed by atoms with van der Waals surface area (Å²) < 4.78 is 0. The van der Waals surface area contributed by atoms with Crippen LogP contribution in [-0.2, 0) is 4.79 Å². The highest BCUT2D eigenvalue weighted by molar-refractivity contribution is 6.44. The van der Waals surface area contributed by atoms with Crippen LogP contribution in [0.25, 0.3) is 10.9 Å². The summed E-state index contributed by atoms with van der Waals surface area (Å²) in [6.07, 6.45) is 1.45. The number of hydroxylamine groups is 1. The molecule has 0 aliphatic carbocycles. The van der Waals surface area contributed by atoms with E-state index >= 15 is 0 Å². The normalized spacial score (nSPS) is 9.56. The van der Waals surface area contributed by atoms with Crippen molar-refractivity contribution in [2.24, 2.45) is 0 Å². The Morgan fingerprint density at radius 2 is 1.94 bits per heavy atom. The van der Waals surface area contributed by atoms with Gasteiger partial charge in [0.1, 0.15) is 0 Å². The number of para-hydroxylation sites is 1. The van der Waals surface area contributed by atoms with Crippen LogP contribution in [0, 0.1) is 0 Å². The molecule has 0 radical (unpaired) electrons. The molecule has 0 saturated carbocycles. The molecular weight excluding hydrogens is 232 g/mol. The Kier molecular flexibility index (Phi) is 3.65. The topological polar surface area (TPSA) is 82.2 Å². The number of fused-ring (bicyclic) bond motifs is 1. The van der Waals surface area contributed by atoms with Crippen molar-refractivity contribution < 1.29 is 14.8 Å². The van der Waals surface area contributed by atoms with Crippen LogP contribution in [0.15, 0.2) is 30.5 Å². The first-order valence-corrected chi connectivity index (χ1v) is 4.29. The lowest BCUT2D eigenvalue weighted by molar-refractivity contribution is -0.124. The van der Waals surface area contributed by atoms with Gasteiger partial charge in [0.2, 0.25) is 0 Å². The molecule has 0 aliphatic heterocycles.